The monoisotopic (exact) mass is 161 g/mol. The molecule has 0 unspecified atom stereocenters. The molecule has 0 amide bonds. The molecule has 0 aliphatic carbocycles. The largest absolute Gasteiger partial charge is 0.361 e. The lowest BCUT2D eigenvalue weighted by molar-refractivity contribution is 0.660. The molecular formula is C9H11N3. The second-order valence-electron chi connectivity index (χ2n) is 2.67. The van der Waals surface area contributed by atoms with Crippen molar-refractivity contribution in [2.45, 2.75) is 13.5 Å². The molecule has 1 N–H and O–H groups in total. The van der Waals surface area contributed by atoms with Gasteiger partial charge in [0.2, 0.25) is 0 Å². The SMILES string of the molecule is CCn1cc(-c2ccc[nH]2)cn1. The molecule has 0 radical (unpaired) electrons. The smallest absolute Gasteiger partial charge is 0.0583 e. The number of nitrogens with one attached hydrogen (secondary N) is 1. The lowest BCUT2D eigenvalue weighted by atomic mass is 10.3. The first-order chi connectivity index (χ1) is 5.90. The van der Waals surface area contributed by atoms with E-state index in [4.69, 9.17) is 0 Å². The van der Waals surface area contributed by atoms with Crippen LogP contribution in [-0.2, 0) is 6.54 Å². The maximum absolute atomic E-state index is 4.19. The van der Waals surface area contributed by atoms with Crippen LogP contribution in [0.5, 0.6) is 0 Å². The zero-order chi connectivity index (χ0) is 8.39. The number of aromatic amines is 1. The van der Waals surface area contributed by atoms with Gasteiger partial charge < -0.3 is 4.98 Å². The molecule has 2 aromatic heterocycles. The Hall–Kier alpha value is -1.51. The van der Waals surface area contributed by atoms with E-state index in [1.165, 1.54) is 0 Å². The van der Waals surface area contributed by atoms with E-state index in [1.54, 1.807) is 0 Å². The molecule has 0 saturated carbocycles. The van der Waals surface area contributed by atoms with Crippen molar-refractivity contribution in [2.24, 2.45) is 0 Å². The van der Waals surface area contributed by atoms with Crippen LogP contribution in [0.4, 0.5) is 0 Å². The number of rotatable bonds is 2. The first-order valence-electron chi connectivity index (χ1n) is 4.06. The average molecular weight is 161 g/mol. The Morgan fingerprint density at radius 2 is 2.50 bits per heavy atom. The molecule has 0 aliphatic rings. The molecule has 0 fully saturated rings. The van der Waals surface area contributed by atoms with Crippen LogP contribution in [0, 0.1) is 0 Å². The molecule has 0 saturated heterocycles. The second kappa shape index (κ2) is 2.85. The third-order valence-electron chi connectivity index (χ3n) is 1.87. The Morgan fingerprint density at radius 1 is 1.58 bits per heavy atom. The quantitative estimate of drug-likeness (QED) is 0.717. The van der Waals surface area contributed by atoms with Gasteiger partial charge in [-0.3, -0.25) is 4.68 Å². The first-order valence-corrected chi connectivity index (χ1v) is 4.06. The van der Waals surface area contributed by atoms with Crippen LogP contribution in [0.3, 0.4) is 0 Å². The van der Waals surface area contributed by atoms with Gasteiger partial charge in [-0.25, -0.2) is 0 Å². The molecule has 3 nitrogen and oxygen atoms in total. The van der Waals surface area contributed by atoms with Crippen molar-refractivity contribution in [3.63, 3.8) is 0 Å². The lowest BCUT2D eigenvalue weighted by Gasteiger charge is -1.91. The van der Waals surface area contributed by atoms with E-state index in [0.717, 1.165) is 17.8 Å². The number of aromatic nitrogens is 3. The Morgan fingerprint density at radius 3 is 3.08 bits per heavy atom. The Kier molecular flexibility index (Phi) is 1.70. The van der Waals surface area contributed by atoms with Crippen LogP contribution in [0.2, 0.25) is 0 Å². The number of nitrogens with zero attached hydrogens (tertiary/aromatic N) is 2. The highest BCUT2D eigenvalue weighted by molar-refractivity contribution is 5.56. The third kappa shape index (κ3) is 1.13. The summed E-state index contributed by atoms with van der Waals surface area (Å²) >= 11 is 0. The van der Waals surface area contributed by atoms with E-state index < -0.39 is 0 Å². The molecule has 0 bridgehead atoms. The molecule has 0 aromatic carbocycles. The van der Waals surface area contributed by atoms with Crippen molar-refractivity contribution in [3.05, 3.63) is 30.7 Å². The van der Waals surface area contributed by atoms with E-state index >= 15 is 0 Å². The first kappa shape index (κ1) is 7.16. The van der Waals surface area contributed by atoms with Gasteiger partial charge in [0, 0.05) is 30.2 Å². The summed E-state index contributed by atoms with van der Waals surface area (Å²) < 4.78 is 1.91. The zero-order valence-corrected chi connectivity index (χ0v) is 6.99. The van der Waals surface area contributed by atoms with Crippen molar-refractivity contribution in [2.75, 3.05) is 0 Å². The predicted octanol–water partition coefficient (Wildman–Crippen LogP) is 1.90. The summed E-state index contributed by atoms with van der Waals surface area (Å²) in [6.07, 6.45) is 5.82. The fraction of sp³-hybridized carbons (Fsp3) is 0.222. The minimum Gasteiger partial charge on any atom is -0.361 e. The molecule has 0 atom stereocenters. The molecule has 12 heavy (non-hydrogen) atoms. The summed E-state index contributed by atoms with van der Waals surface area (Å²) in [6.45, 7) is 2.99. The molecule has 0 spiro atoms. The van der Waals surface area contributed by atoms with Gasteiger partial charge >= 0.3 is 0 Å². The summed E-state index contributed by atoms with van der Waals surface area (Å²) in [5, 5.41) is 4.19. The standard InChI is InChI=1S/C9H11N3/c1-2-12-7-8(6-11-12)9-4-3-5-10-9/h3-7,10H,2H2,1H3. The highest BCUT2D eigenvalue weighted by Gasteiger charge is 1.99. The van der Waals surface area contributed by atoms with Gasteiger partial charge in [-0.05, 0) is 19.1 Å². The summed E-state index contributed by atoms with van der Waals surface area (Å²) in [7, 11) is 0. The summed E-state index contributed by atoms with van der Waals surface area (Å²) in [4.78, 5) is 3.14. The topological polar surface area (TPSA) is 33.6 Å². The molecule has 0 aliphatic heterocycles. The Balaban J connectivity index is 2.35. The predicted molar refractivity (Wildman–Crippen MR) is 47.7 cm³/mol. The number of hydrogen-bond donors (Lipinski definition) is 1. The second-order valence-corrected chi connectivity index (χ2v) is 2.67. The van der Waals surface area contributed by atoms with Crippen molar-refractivity contribution in [1.29, 1.82) is 0 Å². The van der Waals surface area contributed by atoms with Crippen molar-refractivity contribution < 1.29 is 0 Å². The van der Waals surface area contributed by atoms with Gasteiger partial charge in [-0.2, -0.15) is 5.10 Å². The maximum Gasteiger partial charge on any atom is 0.0583 e. The van der Waals surface area contributed by atoms with E-state index in [0.29, 0.717) is 0 Å². The molecule has 3 heteroatoms. The van der Waals surface area contributed by atoms with E-state index in [-0.39, 0.29) is 0 Å². The van der Waals surface area contributed by atoms with Gasteiger partial charge in [-0.1, -0.05) is 0 Å². The molecule has 62 valence electrons. The number of aryl methyl sites for hydroxylation is 1. The molecule has 2 rings (SSSR count). The van der Waals surface area contributed by atoms with Gasteiger partial charge in [0.1, 0.15) is 0 Å². The zero-order valence-electron chi connectivity index (χ0n) is 6.99. The highest BCUT2D eigenvalue weighted by atomic mass is 15.3. The van der Waals surface area contributed by atoms with Crippen LogP contribution in [0.15, 0.2) is 30.7 Å². The maximum atomic E-state index is 4.19. The highest BCUT2D eigenvalue weighted by Crippen LogP contribution is 2.14. The molecule has 2 heterocycles. The fourth-order valence-electron chi connectivity index (χ4n) is 1.19. The van der Waals surface area contributed by atoms with Gasteiger partial charge in [0.25, 0.3) is 0 Å². The van der Waals surface area contributed by atoms with Gasteiger partial charge in [-0.15, -0.1) is 0 Å². The summed E-state index contributed by atoms with van der Waals surface area (Å²) in [6, 6.07) is 4.02. The molecular weight excluding hydrogens is 150 g/mol. The Labute approximate surface area is 71.0 Å². The van der Waals surface area contributed by atoms with Gasteiger partial charge in [0.15, 0.2) is 0 Å². The summed E-state index contributed by atoms with van der Waals surface area (Å²) in [5.41, 5.74) is 2.26. The van der Waals surface area contributed by atoms with Crippen LogP contribution in [0.1, 0.15) is 6.92 Å². The Bertz CT molecular complexity index is 345. The normalized spacial score (nSPS) is 10.4. The van der Waals surface area contributed by atoms with E-state index in [2.05, 4.69) is 17.0 Å². The molecule has 2 aromatic rings. The lowest BCUT2D eigenvalue weighted by Crippen LogP contribution is -1.91. The van der Waals surface area contributed by atoms with Crippen LogP contribution < -0.4 is 0 Å². The van der Waals surface area contributed by atoms with Crippen molar-refractivity contribution >= 4 is 0 Å². The van der Waals surface area contributed by atoms with E-state index in [1.807, 2.05) is 35.4 Å². The van der Waals surface area contributed by atoms with Crippen molar-refractivity contribution in [3.8, 4) is 11.3 Å². The van der Waals surface area contributed by atoms with Crippen LogP contribution in [-0.4, -0.2) is 14.8 Å². The minimum atomic E-state index is 0.917. The van der Waals surface area contributed by atoms with E-state index in [9.17, 15) is 0 Å². The minimum absolute atomic E-state index is 0.917. The van der Waals surface area contributed by atoms with Crippen LogP contribution >= 0.6 is 0 Å². The van der Waals surface area contributed by atoms with Gasteiger partial charge in [0.05, 0.1) is 6.20 Å². The van der Waals surface area contributed by atoms with Crippen molar-refractivity contribution in [1.82, 2.24) is 14.8 Å². The average Bonchev–Trinajstić information content (AvgIpc) is 2.75. The number of hydrogen-bond acceptors (Lipinski definition) is 1. The fourth-order valence-corrected chi connectivity index (χ4v) is 1.19. The third-order valence-corrected chi connectivity index (χ3v) is 1.87. The summed E-state index contributed by atoms with van der Waals surface area (Å²) in [5.74, 6) is 0. The van der Waals surface area contributed by atoms with Crippen LogP contribution in [0.25, 0.3) is 11.3 Å². The number of H-pyrrole nitrogens is 1.